The topological polar surface area (TPSA) is 34.9 Å². The monoisotopic (exact) mass is 275 g/mol. The quantitative estimate of drug-likeness (QED) is 0.617. The molecular weight excluding hydrogens is 260 g/mol. The van der Waals surface area contributed by atoms with Crippen LogP contribution in [0.4, 0.5) is 0 Å². The van der Waals surface area contributed by atoms with Gasteiger partial charge in [0.1, 0.15) is 5.69 Å². The van der Waals surface area contributed by atoms with Crippen LogP contribution in [0.1, 0.15) is 21.7 Å². The molecule has 1 aromatic carbocycles. The highest BCUT2D eigenvalue weighted by atomic mass is 16.1. The first-order chi connectivity index (χ1) is 10.2. The van der Waals surface area contributed by atoms with Crippen molar-refractivity contribution in [2.45, 2.75) is 6.92 Å². The van der Waals surface area contributed by atoms with Crippen molar-refractivity contribution in [2.75, 3.05) is 0 Å². The molecule has 0 aliphatic heterocycles. The summed E-state index contributed by atoms with van der Waals surface area (Å²) in [5, 5.41) is 4.46. The minimum absolute atomic E-state index is 0.0251. The Morgan fingerprint density at radius 3 is 2.62 bits per heavy atom. The summed E-state index contributed by atoms with van der Waals surface area (Å²) in [6, 6.07) is 11.7. The summed E-state index contributed by atoms with van der Waals surface area (Å²) in [5.41, 5.74) is 4.04. The van der Waals surface area contributed by atoms with Crippen LogP contribution in [-0.2, 0) is 0 Å². The third-order valence-corrected chi connectivity index (χ3v) is 3.29. The second kappa shape index (κ2) is 5.37. The first kappa shape index (κ1) is 13.3. The number of rotatable bonds is 5. The van der Waals surface area contributed by atoms with Crippen molar-refractivity contribution < 1.29 is 4.79 Å². The van der Waals surface area contributed by atoms with Gasteiger partial charge < -0.3 is 0 Å². The van der Waals surface area contributed by atoms with E-state index in [0.29, 0.717) is 5.69 Å². The second-order valence-corrected chi connectivity index (χ2v) is 4.85. The average Bonchev–Trinajstić information content (AvgIpc) is 3.28. The molecule has 3 nitrogen and oxygen atoms in total. The van der Waals surface area contributed by atoms with E-state index in [1.807, 2.05) is 49.4 Å². The van der Waals surface area contributed by atoms with Gasteiger partial charge in [-0.3, -0.25) is 4.79 Å². The van der Waals surface area contributed by atoms with Crippen LogP contribution in [0.2, 0.25) is 0 Å². The van der Waals surface area contributed by atoms with E-state index >= 15 is 0 Å². The highest BCUT2D eigenvalue weighted by molar-refractivity contribution is 6.13. The van der Waals surface area contributed by atoms with Crippen molar-refractivity contribution in [1.82, 2.24) is 9.78 Å². The van der Waals surface area contributed by atoms with E-state index in [2.05, 4.69) is 11.7 Å². The van der Waals surface area contributed by atoms with Crippen molar-refractivity contribution in [3.8, 4) is 0 Å². The minimum atomic E-state index is -0.0251. The fourth-order valence-corrected chi connectivity index (χ4v) is 2.18. The molecule has 0 amide bonds. The Labute approximate surface area is 123 Å². The lowest BCUT2D eigenvalue weighted by atomic mass is 10.1. The summed E-state index contributed by atoms with van der Waals surface area (Å²) in [4.78, 5) is 12.1. The molecule has 0 spiro atoms. The van der Waals surface area contributed by atoms with Crippen LogP contribution in [0.25, 0.3) is 5.70 Å². The number of ketones is 1. The van der Waals surface area contributed by atoms with Crippen molar-refractivity contribution in [3.05, 3.63) is 90.2 Å². The molecule has 103 valence electrons. The van der Waals surface area contributed by atoms with Crippen molar-refractivity contribution in [3.63, 3.8) is 0 Å². The molecule has 2 aromatic rings. The Bertz CT molecular complexity index is 764. The van der Waals surface area contributed by atoms with Crippen LogP contribution in [-0.4, -0.2) is 15.6 Å². The van der Waals surface area contributed by atoms with Gasteiger partial charge >= 0.3 is 0 Å². The van der Waals surface area contributed by atoms with Gasteiger partial charge in [-0.05, 0) is 19.1 Å². The predicted molar refractivity (Wildman–Crippen MR) is 83.7 cm³/mol. The second-order valence-electron chi connectivity index (χ2n) is 4.85. The standard InChI is InChI=1S/C18H15N2O/c1-3-7-17(14-8-5-4-6-9-14)20-13(2)12-16(19-20)18(21)15-10-11-15/h3-12H,1H2,2H3/b17-7-. The van der Waals surface area contributed by atoms with E-state index in [9.17, 15) is 4.79 Å². The average molecular weight is 275 g/mol. The zero-order valence-electron chi connectivity index (χ0n) is 11.8. The predicted octanol–water partition coefficient (Wildman–Crippen LogP) is 3.59. The number of aryl methyl sites for hydroxylation is 1. The van der Waals surface area contributed by atoms with Gasteiger partial charge in [-0.25, -0.2) is 4.68 Å². The Morgan fingerprint density at radius 1 is 1.29 bits per heavy atom. The molecule has 1 radical (unpaired) electrons. The summed E-state index contributed by atoms with van der Waals surface area (Å²) in [7, 11) is 0. The molecule has 3 heteroatoms. The molecule has 1 aliphatic carbocycles. The van der Waals surface area contributed by atoms with Crippen LogP contribution in [0.15, 0.2) is 66.8 Å². The van der Waals surface area contributed by atoms with Gasteiger partial charge in [0.15, 0.2) is 0 Å². The molecule has 21 heavy (non-hydrogen) atoms. The van der Waals surface area contributed by atoms with Crippen LogP contribution < -0.4 is 0 Å². The zero-order chi connectivity index (χ0) is 14.8. The van der Waals surface area contributed by atoms with E-state index in [-0.39, 0.29) is 5.78 Å². The lowest BCUT2D eigenvalue weighted by Crippen LogP contribution is -2.05. The first-order valence-electron chi connectivity index (χ1n) is 6.75. The summed E-state index contributed by atoms with van der Waals surface area (Å²) in [5.74, 6) is -0.0251. The number of hydrogen-bond acceptors (Lipinski definition) is 2. The number of aromatic nitrogens is 2. The first-order valence-corrected chi connectivity index (χ1v) is 6.75. The number of nitrogens with zero attached hydrogens (tertiary/aromatic N) is 2. The molecule has 3 rings (SSSR count). The summed E-state index contributed by atoms with van der Waals surface area (Å²) in [6.45, 7) is 5.70. The van der Waals surface area contributed by atoms with E-state index in [1.54, 1.807) is 23.3 Å². The maximum atomic E-state index is 12.1. The molecule has 0 saturated heterocycles. The summed E-state index contributed by atoms with van der Waals surface area (Å²) >= 11 is 0. The van der Waals surface area contributed by atoms with E-state index in [4.69, 9.17) is 0 Å². The van der Waals surface area contributed by atoms with Crippen molar-refractivity contribution >= 4 is 11.5 Å². The van der Waals surface area contributed by atoms with Crippen LogP contribution in [0, 0.1) is 13.3 Å². The molecular formula is C18H15N2O. The third-order valence-electron chi connectivity index (χ3n) is 3.29. The van der Waals surface area contributed by atoms with Gasteiger partial charge in [0.05, 0.1) is 5.70 Å². The third kappa shape index (κ3) is 2.63. The maximum absolute atomic E-state index is 12.1. The Morgan fingerprint density at radius 2 is 2.00 bits per heavy atom. The lowest BCUT2D eigenvalue weighted by molar-refractivity contribution is 0.103. The molecule has 0 unspecified atom stereocenters. The highest BCUT2D eigenvalue weighted by Gasteiger charge is 2.23. The van der Waals surface area contributed by atoms with Gasteiger partial charge in [0, 0.05) is 23.3 Å². The normalized spacial score (nSPS) is 13.8. The van der Waals surface area contributed by atoms with Crippen LogP contribution in [0.3, 0.4) is 0 Å². The van der Waals surface area contributed by atoms with Gasteiger partial charge in [-0.2, -0.15) is 5.10 Å². The van der Waals surface area contributed by atoms with E-state index < -0.39 is 0 Å². The largest absolute Gasteiger partial charge is 0.287 e. The van der Waals surface area contributed by atoms with Gasteiger partial charge in [0.2, 0.25) is 5.78 Å². The highest BCUT2D eigenvalue weighted by Crippen LogP contribution is 2.24. The van der Waals surface area contributed by atoms with Gasteiger partial charge in [-0.1, -0.05) is 49.1 Å². The van der Waals surface area contributed by atoms with Crippen molar-refractivity contribution in [1.29, 1.82) is 0 Å². The fraction of sp³-hybridized carbons (Fsp3) is 0.0556. The number of allylic oxidation sites excluding steroid dienone is 4. The molecule has 0 saturated carbocycles. The molecule has 0 fully saturated rings. The number of hydrogen-bond donors (Lipinski definition) is 0. The SMILES string of the molecule is C=C/C=C(/c1ccccc1)n1nc(C(=O)C2=C[CH]2)cc1C. The fourth-order valence-electron chi connectivity index (χ4n) is 2.18. The summed E-state index contributed by atoms with van der Waals surface area (Å²) < 4.78 is 1.78. The van der Waals surface area contributed by atoms with E-state index in [0.717, 1.165) is 22.5 Å². The number of benzene rings is 1. The number of carbonyl (C=O) groups is 1. The zero-order valence-corrected chi connectivity index (χ0v) is 11.8. The van der Waals surface area contributed by atoms with Crippen LogP contribution in [0.5, 0.6) is 0 Å². The van der Waals surface area contributed by atoms with Crippen molar-refractivity contribution in [2.24, 2.45) is 0 Å². The molecule has 1 aromatic heterocycles. The maximum Gasteiger partial charge on any atom is 0.209 e. The smallest absolute Gasteiger partial charge is 0.209 e. The number of Topliss-reactive ketones (excluding diaryl/α,β-unsaturated/α-hetero) is 1. The Balaban J connectivity index is 2.04. The van der Waals surface area contributed by atoms with Gasteiger partial charge in [0.25, 0.3) is 0 Å². The molecule has 1 aliphatic rings. The molecule has 0 N–H and O–H groups in total. The number of carbonyl (C=O) groups excluding carboxylic acids is 1. The van der Waals surface area contributed by atoms with E-state index in [1.165, 1.54) is 0 Å². The lowest BCUT2D eigenvalue weighted by Gasteiger charge is -2.09. The van der Waals surface area contributed by atoms with Crippen LogP contribution >= 0.6 is 0 Å². The minimum Gasteiger partial charge on any atom is -0.287 e. The molecule has 0 bridgehead atoms. The Kier molecular flexibility index (Phi) is 3.40. The summed E-state index contributed by atoms with van der Waals surface area (Å²) in [6.07, 6.45) is 7.22. The molecule has 0 atom stereocenters. The Hall–Kier alpha value is -2.68. The van der Waals surface area contributed by atoms with Gasteiger partial charge in [-0.15, -0.1) is 0 Å². The molecule has 1 heterocycles.